The van der Waals surface area contributed by atoms with Crippen molar-refractivity contribution in [3.8, 4) is 11.5 Å². The molecule has 2 rings (SSSR count). The van der Waals surface area contributed by atoms with E-state index in [4.69, 9.17) is 15.2 Å². The molecule has 0 aliphatic heterocycles. The lowest BCUT2D eigenvalue weighted by molar-refractivity contribution is 0.317. The van der Waals surface area contributed by atoms with Gasteiger partial charge in [-0.05, 0) is 54.8 Å². The molecule has 0 saturated heterocycles. The molecule has 21 heavy (non-hydrogen) atoms. The van der Waals surface area contributed by atoms with Crippen LogP contribution in [0, 0.1) is 0 Å². The molecule has 1 atom stereocenters. The number of nitrogens with two attached hydrogens (primary N) is 1. The quantitative estimate of drug-likeness (QED) is 0.850. The molecule has 2 N–H and O–H groups in total. The second kappa shape index (κ2) is 7.64. The van der Waals surface area contributed by atoms with Crippen molar-refractivity contribution in [2.24, 2.45) is 5.73 Å². The molecular weight excluding hydrogens is 264 g/mol. The molecule has 4 nitrogen and oxygen atoms in total. The van der Waals surface area contributed by atoms with E-state index in [1.807, 2.05) is 37.3 Å². The number of methoxy groups -OCH3 is 1. The SMILES string of the molecule is COc1ccc(OCCc2ccncc2)c(CC(C)N)c1. The van der Waals surface area contributed by atoms with E-state index in [2.05, 4.69) is 4.98 Å². The Balaban J connectivity index is 2.01. The number of rotatable bonds is 7. The van der Waals surface area contributed by atoms with E-state index in [0.29, 0.717) is 6.61 Å². The van der Waals surface area contributed by atoms with E-state index < -0.39 is 0 Å². The first-order valence-electron chi connectivity index (χ1n) is 7.13. The summed E-state index contributed by atoms with van der Waals surface area (Å²) in [7, 11) is 1.66. The lowest BCUT2D eigenvalue weighted by Gasteiger charge is -2.14. The first kappa shape index (κ1) is 15.3. The second-order valence-electron chi connectivity index (χ2n) is 5.11. The van der Waals surface area contributed by atoms with Crippen LogP contribution in [0.2, 0.25) is 0 Å². The molecule has 0 aliphatic carbocycles. The zero-order chi connectivity index (χ0) is 15.1. The number of benzene rings is 1. The zero-order valence-corrected chi connectivity index (χ0v) is 12.6. The van der Waals surface area contributed by atoms with Crippen molar-refractivity contribution < 1.29 is 9.47 Å². The molecule has 0 fully saturated rings. The number of pyridine rings is 1. The Kier molecular flexibility index (Phi) is 5.58. The number of aromatic nitrogens is 1. The summed E-state index contributed by atoms with van der Waals surface area (Å²) in [5.74, 6) is 1.70. The smallest absolute Gasteiger partial charge is 0.122 e. The van der Waals surface area contributed by atoms with E-state index in [-0.39, 0.29) is 6.04 Å². The highest BCUT2D eigenvalue weighted by atomic mass is 16.5. The maximum Gasteiger partial charge on any atom is 0.122 e. The first-order valence-corrected chi connectivity index (χ1v) is 7.13. The van der Waals surface area contributed by atoms with E-state index in [1.54, 1.807) is 19.5 Å². The van der Waals surface area contributed by atoms with Crippen LogP contribution in [0.5, 0.6) is 11.5 Å². The molecule has 0 aliphatic rings. The average molecular weight is 286 g/mol. The van der Waals surface area contributed by atoms with Gasteiger partial charge in [-0.25, -0.2) is 0 Å². The normalized spacial score (nSPS) is 12.0. The van der Waals surface area contributed by atoms with Gasteiger partial charge in [-0.2, -0.15) is 0 Å². The van der Waals surface area contributed by atoms with Crippen LogP contribution in [0.15, 0.2) is 42.7 Å². The molecule has 1 unspecified atom stereocenters. The molecule has 0 bridgehead atoms. The number of hydrogen-bond donors (Lipinski definition) is 1. The van der Waals surface area contributed by atoms with Crippen LogP contribution in [0.3, 0.4) is 0 Å². The van der Waals surface area contributed by atoms with Gasteiger partial charge in [0.1, 0.15) is 11.5 Å². The Hall–Kier alpha value is -2.07. The third kappa shape index (κ3) is 4.76. The summed E-state index contributed by atoms with van der Waals surface area (Å²) in [5, 5.41) is 0. The highest BCUT2D eigenvalue weighted by molar-refractivity contribution is 5.40. The monoisotopic (exact) mass is 286 g/mol. The van der Waals surface area contributed by atoms with Crippen LogP contribution in [-0.2, 0) is 12.8 Å². The molecule has 0 radical (unpaired) electrons. The van der Waals surface area contributed by atoms with Crippen LogP contribution < -0.4 is 15.2 Å². The van der Waals surface area contributed by atoms with Crippen molar-refractivity contribution >= 4 is 0 Å². The molecule has 0 saturated carbocycles. The maximum atomic E-state index is 5.91. The zero-order valence-electron chi connectivity index (χ0n) is 12.6. The maximum absolute atomic E-state index is 5.91. The minimum atomic E-state index is 0.0830. The number of ether oxygens (including phenoxy) is 2. The van der Waals surface area contributed by atoms with Crippen molar-refractivity contribution in [2.75, 3.05) is 13.7 Å². The first-order chi connectivity index (χ1) is 10.2. The van der Waals surface area contributed by atoms with Crippen LogP contribution in [0.4, 0.5) is 0 Å². The van der Waals surface area contributed by atoms with Gasteiger partial charge in [0.05, 0.1) is 13.7 Å². The number of hydrogen-bond acceptors (Lipinski definition) is 4. The fraction of sp³-hybridized carbons (Fsp3) is 0.353. The van der Waals surface area contributed by atoms with E-state index in [1.165, 1.54) is 5.56 Å². The Labute approximate surface area is 125 Å². The summed E-state index contributed by atoms with van der Waals surface area (Å²) < 4.78 is 11.2. The minimum absolute atomic E-state index is 0.0830. The van der Waals surface area contributed by atoms with Crippen LogP contribution in [0.25, 0.3) is 0 Å². The summed E-state index contributed by atoms with van der Waals surface area (Å²) in [5.41, 5.74) is 8.20. The van der Waals surface area contributed by atoms with Gasteiger partial charge >= 0.3 is 0 Å². The summed E-state index contributed by atoms with van der Waals surface area (Å²) in [6.07, 6.45) is 5.21. The lowest BCUT2D eigenvalue weighted by Crippen LogP contribution is -2.18. The topological polar surface area (TPSA) is 57.4 Å². The molecule has 2 aromatic rings. The van der Waals surface area contributed by atoms with E-state index in [0.717, 1.165) is 29.9 Å². The summed E-state index contributed by atoms with van der Waals surface area (Å²) in [6, 6.07) is 9.93. The van der Waals surface area contributed by atoms with Crippen molar-refractivity contribution in [2.45, 2.75) is 25.8 Å². The molecule has 1 heterocycles. The third-order valence-electron chi connectivity index (χ3n) is 3.21. The molecule has 112 valence electrons. The van der Waals surface area contributed by atoms with Gasteiger partial charge in [0.15, 0.2) is 0 Å². The summed E-state index contributed by atoms with van der Waals surface area (Å²) in [4.78, 5) is 4.01. The van der Waals surface area contributed by atoms with Gasteiger partial charge in [-0.15, -0.1) is 0 Å². The Morgan fingerprint density at radius 1 is 1.19 bits per heavy atom. The predicted octanol–water partition coefficient (Wildman–Crippen LogP) is 2.60. The molecule has 1 aromatic heterocycles. The van der Waals surface area contributed by atoms with Crippen LogP contribution >= 0.6 is 0 Å². The second-order valence-corrected chi connectivity index (χ2v) is 5.11. The van der Waals surface area contributed by atoms with E-state index >= 15 is 0 Å². The standard InChI is InChI=1S/C17H22N2O2/c1-13(18)11-15-12-16(20-2)3-4-17(15)21-10-7-14-5-8-19-9-6-14/h3-6,8-9,12-13H,7,10-11,18H2,1-2H3. The minimum Gasteiger partial charge on any atom is -0.497 e. The molecule has 1 aromatic carbocycles. The van der Waals surface area contributed by atoms with E-state index in [9.17, 15) is 0 Å². The van der Waals surface area contributed by atoms with Gasteiger partial charge in [0.25, 0.3) is 0 Å². The fourth-order valence-corrected chi connectivity index (χ4v) is 2.16. The lowest BCUT2D eigenvalue weighted by atomic mass is 10.1. The van der Waals surface area contributed by atoms with Crippen LogP contribution in [-0.4, -0.2) is 24.7 Å². The van der Waals surface area contributed by atoms with Gasteiger partial charge in [0.2, 0.25) is 0 Å². The Bertz CT molecular complexity index is 556. The summed E-state index contributed by atoms with van der Waals surface area (Å²) >= 11 is 0. The summed E-state index contributed by atoms with van der Waals surface area (Å²) in [6.45, 7) is 2.61. The van der Waals surface area contributed by atoms with Crippen molar-refractivity contribution in [3.63, 3.8) is 0 Å². The average Bonchev–Trinajstić information content (AvgIpc) is 2.49. The van der Waals surface area contributed by atoms with Crippen molar-refractivity contribution in [1.82, 2.24) is 4.98 Å². The van der Waals surface area contributed by atoms with Gasteiger partial charge in [-0.3, -0.25) is 4.98 Å². The predicted molar refractivity (Wildman–Crippen MR) is 83.8 cm³/mol. The highest BCUT2D eigenvalue weighted by Gasteiger charge is 2.08. The molecular formula is C17H22N2O2. The van der Waals surface area contributed by atoms with Gasteiger partial charge in [-0.1, -0.05) is 0 Å². The highest BCUT2D eigenvalue weighted by Crippen LogP contribution is 2.25. The van der Waals surface area contributed by atoms with Gasteiger partial charge in [0, 0.05) is 24.9 Å². The van der Waals surface area contributed by atoms with Crippen molar-refractivity contribution in [3.05, 3.63) is 53.9 Å². The number of nitrogens with zero attached hydrogens (tertiary/aromatic N) is 1. The van der Waals surface area contributed by atoms with Gasteiger partial charge < -0.3 is 15.2 Å². The Morgan fingerprint density at radius 2 is 1.95 bits per heavy atom. The fourth-order valence-electron chi connectivity index (χ4n) is 2.16. The molecule has 0 amide bonds. The van der Waals surface area contributed by atoms with Crippen LogP contribution in [0.1, 0.15) is 18.1 Å². The molecule has 4 heteroatoms. The largest absolute Gasteiger partial charge is 0.497 e. The molecule has 0 spiro atoms. The third-order valence-corrected chi connectivity index (χ3v) is 3.21. The Morgan fingerprint density at radius 3 is 2.62 bits per heavy atom. The van der Waals surface area contributed by atoms with Crippen molar-refractivity contribution in [1.29, 1.82) is 0 Å².